The molecule has 0 spiro atoms. The van der Waals surface area contributed by atoms with Crippen LogP contribution in [-0.4, -0.2) is 91.2 Å². The molecular weight excluding hydrogens is 124 g/mol. The molecule has 6 heavy (non-hydrogen) atoms. The minimum absolute atomic E-state index is 0. The molecule has 0 aliphatic heterocycles. The normalized spacial score (nSPS) is 4.00. The van der Waals surface area contributed by atoms with Gasteiger partial charge in [0.2, 0.25) is 0 Å². The van der Waals surface area contributed by atoms with Crippen LogP contribution >= 0.6 is 0 Å². The van der Waals surface area contributed by atoms with E-state index in [9.17, 15) is 0 Å². The van der Waals surface area contributed by atoms with Crippen molar-refractivity contribution in [1.29, 1.82) is 0 Å². The van der Waals surface area contributed by atoms with Gasteiger partial charge < -0.3 is 5.21 Å². The van der Waals surface area contributed by atoms with Crippen molar-refractivity contribution < 1.29 is 10.3 Å². The summed E-state index contributed by atoms with van der Waals surface area (Å²) in [5.41, 5.74) is 0. The zero-order chi connectivity index (χ0) is 3.58. The van der Waals surface area contributed by atoms with Crippen LogP contribution in [0.1, 0.15) is 0 Å². The van der Waals surface area contributed by atoms with Gasteiger partial charge in [0.1, 0.15) is 0 Å². The molecule has 0 heterocycles. The summed E-state index contributed by atoms with van der Waals surface area (Å²) < 4.78 is 0. The Morgan fingerprint density at radius 3 is 1.67 bits per heavy atom. The van der Waals surface area contributed by atoms with Crippen molar-refractivity contribution in [3.05, 3.63) is 10.1 Å². The molecular formula is H3KNNaO3. The first-order valence-corrected chi connectivity index (χ1v) is 0.565. The van der Waals surface area contributed by atoms with Crippen LogP contribution in [0.2, 0.25) is 0 Å². The van der Waals surface area contributed by atoms with E-state index in [1.807, 2.05) is 0 Å². The molecule has 0 unspecified atom stereocenters. The Morgan fingerprint density at radius 2 is 1.67 bits per heavy atom. The SMILES string of the molecule is O=[N+]([O-])O.[KH].[NaH]. The fourth-order valence-electron chi connectivity index (χ4n) is 0. The van der Waals surface area contributed by atoms with E-state index < -0.39 is 5.09 Å². The summed E-state index contributed by atoms with van der Waals surface area (Å²) in [6.45, 7) is 0. The molecule has 1 N–H and O–H groups in total. The van der Waals surface area contributed by atoms with Gasteiger partial charge in [0.25, 0.3) is 5.09 Å². The van der Waals surface area contributed by atoms with Gasteiger partial charge in [-0.1, -0.05) is 0 Å². The van der Waals surface area contributed by atoms with Gasteiger partial charge in [0.15, 0.2) is 0 Å². The van der Waals surface area contributed by atoms with Crippen LogP contribution < -0.4 is 0 Å². The van der Waals surface area contributed by atoms with Crippen LogP contribution in [0, 0.1) is 10.1 Å². The molecule has 0 saturated carbocycles. The summed E-state index contributed by atoms with van der Waals surface area (Å²) in [5.74, 6) is 0. The van der Waals surface area contributed by atoms with Crippen molar-refractivity contribution >= 4 is 80.9 Å². The third kappa shape index (κ3) is 40.5. The molecule has 0 atom stereocenters. The third-order valence-electron chi connectivity index (χ3n) is 0. The second-order valence-corrected chi connectivity index (χ2v) is 0.238. The first kappa shape index (κ1) is 15.7. The van der Waals surface area contributed by atoms with Gasteiger partial charge in [-0.15, -0.1) is 10.1 Å². The maximum atomic E-state index is 8.36. The molecule has 4 nitrogen and oxygen atoms in total. The molecule has 6 heteroatoms. The molecule has 0 bridgehead atoms. The van der Waals surface area contributed by atoms with Crippen LogP contribution in [0.4, 0.5) is 0 Å². The third-order valence-corrected chi connectivity index (χ3v) is 0. The summed E-state index contributed by atoms with van der Waals surface area (Å²) in [4.78, 5) is 8.36. The Kier molecular flexibility index (Phi) is 26.0. The quantitative estimate of drug-likeness (QED) is 0.241. The second kappa shape index (κ2) is 9.96. The Hall–Kier alpha value is 1.84. The zero-order valence-corrected chi connectivity index (χ0v) is 1.71. The number of rotatable bonds is 0. The Balaban J connectivity index is -0.0000000450. The molecule has 0 aliphatic rings. The standard InChI is InChI=1S/K.HNO3.Na.2H/c;2-1(3)4;;;/h;(H,2,3,4);;;. The van der Waals surface area contributed by atoms with Crippen LogP contribution in [-0.2, 0) is 0 Å². The zero-order valence-electron chi connectivity index (χ0n) is 1.71. The van der Waals surface area contributed by atoms with Gasteiger partial charge in [-0.3, -0.25) is 0 Å². The molecule has 0 aromatic heterocycles. The summed E-state index contributed by atoms with van der Waals surface area (Å²) in [7, 11) is 0. The van der Waals surface area contributed by atoms with Crippen molar-refractivity contribution in [3.8, 4) is 0 Å². The van der Waals surface area contributed by atoms with Gasteiger partial charge in [0.05, 0.1) is 0 Å². The summed E-state index contributed by atoms with van der Waals surface area (Å²) in [6, 6.07) is 0. The monoisotopic (exact) mass is 127 g/mol. The van der Waals surface area contributed by atoms with Gasteiger partial charge >= 0.3 is 80.9 Å². The summed E-state index contributed by atoms with van der Waals surface area (Å²) in [5, 5.41) is 13.6. The average Bonchev–Trinajstić information content (AvgIpc) is 0.811. The molecule has 28 valence electrons. The summed E-state index contributed by atoms with van der Waals surface area (Å²) in [6.07, 6.45) is 0. The van der Waals surface area contributed by atoms with Crippen molar-refractivity contribution in [2.75, 3.05) is 0 Å². The Labute approximate surface area is 99.1 Å². The Bertz CT molecular complexity index is 33.8. The molecule has 0 aromatic carbocycles. The number of hydrogen-bond donors (Lipinski definition) is 1. The van der Waals surface area contributed by atoms with E-state index in [-0.39, 0.29) is 80.9 Å². The van der Waals surface area contributed by atoms with Crippen molar-refractivity contribution in [1.82, 2.24) is 0 Å². The van der Waals surface area contributed by atoms with Gasteiger partial charge in [0, 0.05) is 0 Å². The van der Waals surface area contributed by atoms with Crippen molar-refractivity contribution in [3.63, 3.8) is 0 Å². The molecule has 0 fully saturated rings. The molecule has 0 aromatic rings. The molecule has 0 amide bonds. The first-order chi connectivity index (χ1) is 1.73. The molecule has 0 saturated heterocycles. The molecule has 0 radical (unpaired) electrons. The van der Waals surface area contributed by atoms with Crippen LogP contribution in [0.15, 0.2) is 0 Å². The van der Waals surface area contributed by atoms with Crippen LogP contribution in [0.5, 0.6) is 0 Å². The predicted molar refractivity (Wildman–Crippen MR) is 23.1 cm³/mol. The van der Waals surface area contributed by atoms with Crippen molar-refractivity contribution in [2.45, 2.75) is 0 Å². The van der Waals surface area contributed by atoms with Crippen LogP contribution in [0.25, 0.3) is 0 Å². The van der Waals surface area contributed by atoms with Crippen LogP contribution in [0.3, 0.4) is 0 Å². The Morgan fingerprint density at radius 1 is 1.67 bits per heavy atom. The number of hydrogen-bond acceptors (Lipinski definition) is 2. The van der Waals surface area contributed by atoms with E-state index in [0.717, 1.165) is 0 Å². The van der Waals surface area contributed by atoms with Crippen molar-refractivity contribution in [2.24, 2.45) is 0 Å². The van der Waals surface area contributed by atoms with Gasteiger partial charge in [-0.25, -0.2) is 0 Å². The molecule has 0 rings (SSSR count). The van der Waals surface area contributed by atoms with Gasteiger partial charge in [-0.05, 0) is 0 Å². The van der Waals surface area contributed by atoms with Gasteiger partial charge in [-0.2, -0.15) is 0 Å². The first-order valence-electron chi connectivity index (χ1n) is 0.565. The second-order valence-electron chi connectivity index (χ2n) is 0.238. The van der Waals surface area contributed by atoms with E-state index in [2.05, 4.69) is 0 Å². The summed E-state index contributed by atoms with van der Waals surface area (Å²) >= 11 is 0. The maximum absolute atomic E-state index is 8.36. The van der Waals surface area contributed by atoms with E-state index >= 15 is 0 Å². The number of nitrogens with zero attached hydrogens (tertiary/aromatic N) is 1. The average molecular weight is 127 g/mol. The predicted octanol–water partition coefficient (Wildman–Crippen LogP) is -1.64. The van der Waals surface area contributed by atoms with E-state index in [4.69, 9.17) is 15.3 Å². The topological polar surface area (TPSA) is 63.4 Å². The molecule has 0 aliphatic carbocycles. The minimum atomic E-state index is -1.50. The van der Waals surface area contributed by atoms with E-state index in [1.54, 1.807) is 0 Å². The van der Waals surface area contributed by atoms with E-state index in [0.29, 0.717) is 0 Å². The van der Waals surface area contributed by atoms with E-state index in [1.165, 1.54) is 0 Å². The fourth-order valence-corrected chi connectivity index (χ4v) is 0. The fraction of sp³-hybridized carbons (Fsp3) is 0.